The molecule has 106 valence electrons. The van der Waals surface area contributed by atoms with Crippen LogP contribution in [0.2, 0.25) is 5.02 Å². The third kappa shape index (κ3) is 2.48. The summed E-state index contributed by atoms with van der Waals surface area (Å²) in [6.45, 7) is 0. The highest BCUT2D eigenvalue weighted by molar-refractivity contribution is 6.30. The van der Waals surface area contributed by atoms with Crippen LogP contribution in [0.3, 0.4) is 0 Å². The lowest BCUT2D eigenvalue weighted by Crippen LogP contribution is -2.04. The summed E-state index contributed by atoms with van der Waals surface area (Å²) in [6, 6.07) is 8.80. The van der Waals surface area contributed by atoms with Gasteiger partial charge in [0.1, 0.15) is 17.7 Å². The Labute approximate surface area is 124 Å². The molecular weight excluding hydrogens is 296 g/mol. The monoisotopic (exact) mass is 305 g/mol. The Hall–Kier alpha value is -2.04. The fourth-order valence-corrected chi connectivity index (χ4v) is 2.44. The Bertz CT molecular complexity index is 817. The van der Waals surface area contributed by atoms with E-state index in [1.807, 2.05) is 6.07 Å². The van der Waals surface area contributed by atoms with Gasteiger partial charge in [-0.3, -0.25) is 4.98 Å². The number of fused-ring (bicyclic) bond motifs is 1. The van der Waals surface area contributed by atoms with Crippen LogP contribution >= 0.6 is 11.6 Å². The molecule has 5 heteroatoms. The van der Waals surface area contributed by atoms with Crippen molar-refractivity contribution < 1.29 is 13.9 Å². The van der Waals surface area contributed by atoms with Crippen LogP contribution in [-0.2, 0) is 0 Å². The Morgan fingerprint density at radius 2 is 1.86 bits per heavy atom. The van der Waals surface area contributed by atoms with Crippen molar-refractivity contribution >= 4 is 22.4 Å². The van der Waals surface area contributed by atoms with Crippen molar-refractivity contribution in [3.63, 3.8) is 0 Å². The van der Waals surface area contributed by atoms with Crippen LogP contribution in [0.1, 0.15) is 17.2 Å². The first-order chi connectivity index (χ1) is 10.1. The minimum atomic E-state index is -1.30. The molecule has 1 unspecified atom stereocenters. The molecule has 21 heavy (non-hydrogen) atoms. The van der Waals surface area contributed by atoms with E-state index in [0.29, 0.717) is 10.9 Å². The first-order valence-electron chi connectivity index (χ1n) is 6.23. The van der Waals surface area contributed by atoms with Crippen molar-refractivity contribution in [2.24, 2.45) is 0 Å². The topological polar surface area (TPSA) is 33.1 Å². The smallest absolute Gasteiger partial charge is 0.142 e. The molecule has 2 aromatic carbocycles. The molecule has 0 aliphatic heterocycles. The molecule has 0 amide bonds. The van der Waals surface area contributed by atoms with Gasteiger partial charge in [0, 0.05) is 23.3 Å². The molecule has 0 aliphatic carbocycles. The van der Waals surface area contributed by atoms with E-state index in [2.05, 4.69) is 4.98 Å². The number of nitrogens with zero attached hydrogens (tertiary/aromatic N) is 1. The number of benzene rings is 2. The quantitative estimate of drug-likeness (QED) is 0.718. The van der Waals surface area contributed by atoms with E-state index in [4.69, 9.17) is 11.6 Å². The highest BCUT2D eigenvalue weighted by Crippen LogP contribution is 2.31. The van der Waals surface area contributed by atoms with E-state index >= 15 is 0 Å². The van der Waals surface area contributed by atoms with Gasteiger partial charge in [-0.05, 0) is 29.1 Å². The molecule has 0 fully saturated rings. The van der Waals surface area contributed by atoms with Gasteiger partial charge >= 0.3 is 0 Å². The number of aromatic nitrogens is 1. The summed E-state index contributed by atoms with van der Waals surface area (Å²) in [4.78, 5) is 4.00. The van der Waals surface area contributed by atoms with Crippen molar-refractivity contribution in [3.05, 3.63) is 76.6 Å². The van der Waals surface area contributed by atoms with Crippen LogP contribution in [0, 0.1) is 11.6 Å². The second-order valence-electron chi connectivity index (χ2n) is 4.63. The van der Waals surface area contributed by atoms with Crippen LogP contribution < -0.4 is 0 Å². The van der Waals surface area contributed by atoms with Crippen molar-refractivity contribution in [1.82, 2.24) is 4.98 Å². The minimum Gasteiger partial charge on any atom is -0.384 e. The highest BCUT2D eigenvalue weighted by Gasteiger charge is 2.19. The number of hydrogen-bond donors (Lipinski definition) is 1. The number of halogens is 3. The van der Waals surface area contributed by atoms with Gasteiger partial charge in [0.2, 0.25) is 0 Å². The second-order valence-corrected chi connectivity index (χ2v) is 5.04. The molecule has 1 aromatic heterocycles. The minimum absolute atomic E-state index is 0.159. The number of rotatable bonds is 2. The van der Waals surface area contributed by atoms with Crippen LogP contribution in [-0.4, -0.2) is 10.1 Å². The van der Waals surface area contributed by atoms with Gasteiger partial charge in [0.05, 0.1) is 5.02 Å². The Kier molecular flexibility index (Phi) is 3.57. The first-order valence-corrected chi connectivity index (χ1v) is 6.61. The number of aliphatic hydroxyl groups excluding tert-OH is 1. The number of aliphatic hydroxyl groups is 1. The summed E-state index contributed by atoms with van der Waals surface area (Å²) < 4.78 is 27.5. The lowest BCUT2D eigenvalue weighted by molar-refractivity contribution is 0.216. The largest absolute Gasteiger partial charge is 0.384 e. The van der Waals surface area contributed by atoms with Crippen molar-refractivity contribution in [1.29, 1.82) is 0 Å². The van der Waals surface area contributed by atoms with E-state index in [0.717, 1.165) is 17.5 Å². The van der Waals surface area contributed by atoms with E-state index < -0.39 is 17.7 Å². The molecule has 0 bridgehead atoms. The molecule has 0 saturated carbocycles. The van der Waals surface area contributed by atoms with Crippen LogP contribution in [0.4, 0.5) is 8.78 Å². The van der Waals surface area contributed by atoms with Gasteiger partial charge in [-0.2, -0.15) is 0 Å². The molecule has 0 aliphatic rings. The zero-order chi connectivity index (χ0) is 15.0. The maximum absolute atomic E-state index is 13.9. The fourth-order valence-electron chi connectivity index (χ4n) is 2.29. The van der Waals surface area contributed by atoms with Gasteiger partial charge in [-0.1, -0.05) is 29.8 Å². The SMILES string of the molecule is OC(c1cc(F)c(Cl)cc1F)c1cccc2ccncc12. The van der Waals surface area contributed by atoms with E-state index in [9.17, 15) is 13.9 Å². The normalized spacial score (nSPS) is 12.6. The molecule has 2 nitrogen and oxygen atoms in total. The summed E-state index contributed by atoms with van der Waals surface area (Å²) in [7, 11) is 0. The first kappa shape index (κ1) is 13.9. The van der Waals surface area contributed by atoms with E-state index in [-0.39, 0.29) is 10.6 Å². The van der Waals surface area contributed by atoms with Crippen LogP contribution in [0.25, 0.3) is 10.8 Å². The average molecular weight is 306 g/mol. The number of pyridine rings is 1. The van der Waals surface area contributed by atoms with Crippen molar-refractivity contribution in [2.45, 2.75) is 6.10 Å². The summed E-state index contributed by atoms with van der Waals surface area (Å²) in [6.07, 6.45) is 1.91. The molecule has 1 N–H and O–H groups in total. The predicted molar refractivity (Wildman–Crippen MR) is 77.2 cm³/mol. The summed E-state index contributed by atoms with van der Waals surface area (Å²) in [5, 5.41) is 11.6. The van der Waals surface area contributed by atoms with Gasteiger partial charge < -0.3 is 5.11 Å². The maximum Gasteiger partial charge on any atom is 0.142 e. The van der Waals surface area contributed by atoms with Crippen LogP contribution in [0.5, 0.6) is 0 Å². The molecular formula is C16H10ClF2NO. The maximum atomic E-state index is 13.9. The van der Waals surface area contributed by atoms with Crippen molar-refractivity contribution in [3.8, 4) is 0 Å². The van der Waals surface area contributed by atoms with Gasteiger partial charge in [-0.15, -0.1) is 0 Å². The van der Waals surface area contributed by atoms with Gasteiger partial charge in [0.15, 0.2) is 0 Å². The van der Waals surface area contributed by atoms with E-state index in [1.54, 1.807) is 30.6 Å². The Balaban J connectivity index is 2.17. The molecule has 1 heterocycles. The zero-order valence-corrected chi connectivity index (χ0v) is 11.5. The molecule has 0 spiro atoms. The molecule has 3 aromatic rings. The van der Waals surface area contributed by atoms with Gasteiger partial charge in [0.25, 0.3) is 0 Å². The summed E-state index contributed by atoms with van der Waals surface area (Å²) >= 11 is 5.53. The third-order valence-corrected chi connectivity index (χ3v) is 3.64. The predicted octanol–water partition coefficient (Wildman–Crippen LogP) is 4.25. The average Bonchev–Trinajstić information content (AvgIpc) is 2.49. The second kappa shape index (κ2) is 5.39. The Morgan fingerprint density at radius 3 is 2.67 bits per heavy atom. The summed E-state index contributed by atoms with van der Waals surface area (Å²) in [5.41, 5.74) is 0.300. The molecule has 0 radical (unpaired) electrons. The van der Waals surface area contributed by atoms with Crippen LogP contribution in [0.15, 0.2) is 48.8 Å². The highest BCUT2D eigenvalue weighted by atomic mass is 35.5. The zero-order valence-electron chi connectivity index (χ0n) is 10.7. The molecule has 0 saturated heterocycles. The summed E-state index contributed by atoms with van der Waals surface area (Å²) in [5.74, 6) is -1.53. The van der Waals surface area contributed by atoms with Gasteiger partial charge in [-0.25, -0.2) is 8.78 Å². The Morgan fingerprint density at radius 1 is 1.05 bits per heavy atom. The number of hydrogen-bond acceptors (Lipinski definition) is 2. The fraction of sp³-hybridized carbons (Fsp3) is 0.0625. The third-order valence-electron chi connectivity index (χ3n) is 3.35. The molecule has 3 rings (SSSR count). The molecule has 1 atom stereocenters. The van der Waals surface area contributed by atoms with E-state index in [1.165, 1.54) is 0 Å². The van der Waals surface area contributed by atoms with Crippen molar-refractivity contribution in [2.75, 3.05) is 0 Å². The lowest BCUT2D eigenvalue weighted by atomic mass is 9.96. The standard InChI is InChI=1S/C16H10ClF2NO/c17-13-7-14(18)11(6-15(13)19)16(21)10-3-1-2-9-4-5-20-8-12(9)10/h1-8,16,21H. The lowest BCUT2D eigenvalue weighted by Gasteiger charge is -2.15.